The normalized spacial score (nSPS) is 18.4. The van der Waals surface area contributed by atoms with Crippen molar-refractivity contribution in [1.82, 2.24) is 10.0 Å². The third kappa shape index (κ3) is 7.80. The monoisotopic (exact) mass is 580 g/mol. The molecule has 1 aliphatic rings. The van der Waals surface area contributed by atoms with Crippen molar-refractivity contribution >= 4 is 21.9 Å². The maximum absolute atomic E-state index is 13.2. The third-order valence-corrected chi connectivity index (χ3v) is 9.36. The number of nitrogens with one attached hydrogen (secondary N) is 2. The number of hydrogen-bond donors (Lipinski definition) is 3. The van der Waals surface area contributed by atoms with Crippen molar-refractivity contribution in [3.8, 4) is 11.1 Å². The maximum Gasteiger partial charge on any atom is 0.309 e. The summed E-state index contributed by atoms with van der Waals surface area (Å²) >= 11 is 0. The summed E-state index contributed by atoms with van der Waals surface area (Å²) in [6.07, 6.45) is 2.69. The number of halogens is 1. The maximum atomic E-state index is 13.2. The molecule has 0 radical (unpaired) electrons. The molecule has 3 aromatic carbocycles. The van der Waals surface area contributed by atoms with Gasteiger partial charge in [0.05, 0.1) is 16.4 Å². The molecule has 3 N–H and O–H groups in total. The van der Waals surface area contributed by atoms with Gasteiger partial charge in [-0.05, 0) is 99.4 Å². The summed E-state index contributed by atoms with van der Waals surface area (Å²) in [4.78, 5) is 24.3. The number of carboxylic acids is 1. The Morgan fingerprint density at radius 1 is 0.902 bits per heavy atom. The zero-order valence-corrected chi connectivity index (χ0v) is 24.4. The van der Waals surface area contributed by atoms with E-state index >= 15 is 0 Å². The first-order valence-electron chi connectivity index (χ1n) is 13.8. The molecule has 1 atom stereocenters. The minimum atomic E-state index is -3.73. The predicted octanol–water partition coefficient (Wildman–Crippen LogP) is 5.86. The van der Waals surface area contributed by atoms with Crippen LogP contribution in [0.1, 0.15) is 63.6 Å². The van der Waals surface area contributed by atoms with E-state index in [0.29, 0.717) is 32.1 Å². The number of amides is 1. The van der Waals surface area contributed by atoms with Crippen molar-refractivity contribution in [3.05, 3.63) is 89.7 Å². The van der Waals surface area contributed by atoms with E-state index in [0.717, 1.165) is 22.3 Å². The Morgan fingerprint density at radius 2 is 1.44 bits per heavy atom. The van der Waals surface area contributed by atoms with Crippen LogP contribution in [-0.2, 0) is 26.0 Å². The minimum Gasteiger partial charge on any atom is -0.481 e. The van der Waals surface area contributed by atoms with Crippen LogP contribution < -0.4 is 10.0 Å². The fraction of sp³-hybridized carbons (Fsp3) is 0.375. The Labute approximate surface area is 241 Å². The minimum absolute atomic E-state index is 0.0719. The molecule has 1 fully saturated rings. The van der Waals surface area contributed by atoms with Gasteiger partial charge in [-0.2, -0.15) is 0 Å². The predicted molar refractivity (Wildman–Crippen MR) is 156 cm³/mol. The molecule has 0 aromatic heterocycles. The highest BCUT2D eigenvalue weighted by Crippen LogP contribution is 2.28. The van der Waals surface area contributed by atoms with Gasteiger partial charge in [0, 0.05) is 12.0 Å². The second kappa shape index (κ2) is 12.5. The van der Waals surface area contributed by atoms with E-state index in [2.05, 4.69) is 10.0 Å². The molecule has 41 heavy (non-hydrogen) atoms. The van der Waals surface area contributed by atoms with Crippen molar-refractivity contribution in [3.63, 3.8) is 0 Å². The lowest BCUT2D eigenvalue weighted by molar-refractivity contribution is -0.146. The van der Waals surface area contributed by atoms with Crippen LogP contribution in [0.2, 0.25) is 0 Å². The summed E-state index contributed by atoms with van der Waals surface area (Å²) in [5, 5.41) is 12.3. The topological polar surface area (TPSA) is 113 Å². The number of carbonyl (C=O) groups excluding carboxylic acids is 1. The van der Waals surface area contributed by atoms with Crippen LogP contribution in [0.25, 0.3) is 11.1 Å². The van der Waals surface area contributed by atoms with Gasteiger partial charge in [-0.3, -0.25) is 9.59 Å². The largest absolute Gasteiger partial charge is 0.481 e. The van der Waals surface area contributed by atoms with E-state index in [1.54, 1.807) is 50.2 Å². The molecule has 0 heterocycles. The second-order valence-corrected chi connectivity index (χ2v) is 13.3. The highest BCUT2D eigenvalue weighted by atomic mass is 32.2. The number of sulfonamides is 1. The fourth-order valence-electron chi connectivity index (χ4n) is 5.15. The first kappa shape index (κ1) is 30.4. The molecule has 7 nitrogen and oxygen atoms in total. The number of carboxylic acid groups (broad SMARTS) is 1. The summed E-state index contributed by atoms with van der Waals surface area (Å²) < 4.78 is 42.1. The van der Waals surface area contributed by atoms with E-state index < -0.39 is 21.4 Å². The Morgan fingerprint density at radius 3 is 1.98 bits per heavy atom. The summed E-state index contributed by atoms with van der Waals surface area (Å²) in [6, 6.07) is 19.8. The lowest BCUT2D eigenvalue weighted by Crippen LogP contribution is -2.41. The molecule has 4 rings (SSSR count). The molecule has 0 spiro atoms. The summed E-state index contributed by atoms with van der Waals surface area (Å²) in [5.74, 6) is -1.44. The van der Waals surface area contributed by atoms with Gasteiger partial charge in [0.2, 0.25) is 15.9 Å². The Bertz CT molecular complexity index is 1460. The number of rotatable bonds is 10. The summed E-state index contributed by atoms with van der Waals surface area (Å²) in [6.45, 7) is 5.24. The van der Waals surface area contributed by atoms with Crippen LogP contribution in [0.3, 0.4) is 0 Å². The molecule has 0 unspecified atom stereocenters. The van der Waals surface area contributed by atoms with Crippen LogP contribution >= 0.6 is 0 Å². The molecule has 1 saturated carbocycles. The number of benzene rings is 3. The van der Waals surface area contributed by atoms with Crippen molar-refractivity contribution in [1.29, 1.82) is 0 Å². The van der Waals surface area contributed by atoms with Crippen molar-refractivity contribution in [2.24, 2.45) is 11.3 Å². The summed E-state index contributed by atoms with van der Waals surface area (Å²) in [7, 11) is -3.73. The molecule has 9 heteroatoms. The third-order valence-electron chi connectivity index (χ3n) is 7.83. The highest BCUT2D eigenvalue weighted by Gasteiger charge is 2.30. The lowest BCUT2D eigenvalue weighted by Gasteiger charge is -2.29. The van der Waals surface area contributed by atoms with Gasteiger partial charge < -0.3 is 10.4 Å². The standard InChI is InChI=1S/C32H37FN2O5S/c1-21(23-8-14-27(33)15-9-23)34-30(36)26-10-16-28(17-11-26)35-41(39,40)29-18-12-25(13-19-29)24-6-4-22(5-7-24)20-32(2,3)31(37)38/h4-9,12-15,18-19,21,26,28,35H,10-11,16-17,20H2,1-3H3,(H,34,36)(H,37,38)/t21-,26-,28-/m1/s1. The van der Waals surface area contributed by atoms with Crippen LogP contribution in [0.4, 0.5) is 4.39 Å². The van der Waals surface area contributed by atoms with Gasteiger partial charge in [-0.25, -0.2) is 17.5 Å². The van der Waals surface area contributed by atoms with Crippen LogP contribution in [0, 0.1) is 17.2 Å². The molecule has 0 bridgehead atoms. The van der Waals surface area contributed by atoms with E-state index in [9.17, 15) is 27.5 Å². The fourth-order valence-corrected chi connectivity index (χ4v) is 6.46. The zero-order valence-electron chi connectivity index (χ0n) is 23.6. The SMILES string of the molecule is C[C@@H](NC(=O)[C@H]1CC[C@H](NS(=O)(=O)c2ccc(-c3ccc(CC(C)(C)C(=O)O)cc3)cc2)CC1)c1ccc(F)cc1. The van der Waals surface area contributed by atoms with Crippen LogP contribution in [0.5, 0.6) is 0 Å². The number of carbonyl (C=O) groups is 2. The summed E-state index contributed by atoms with van der Waals surface area (Å²) in [5.41, 5.74) is 2.64. The molecule has 218 valence electrons. The van der Waals surface area contributed by atoms with Crippen molar-refractivity contribution < 1.29 is 27.5 Å². The van der Waals surface area contributed by atoms with Gasteiger partial charge in [-0.1, -0.05) is 48.5 Å². The van der Waals surface area contributed by atoms with Gasteiger partial charge in [0.25, 0.3) is 0 Å². The van der Waals surface area contributed by atoms with E-state index in [-0.39, 0.29) is 34.6 Å². The Balaban J connectivity index is 1.30. The second-order valence-electron chi connectivity index (χ2n) is 11.5. The average molecular weight is 581 g/mol. The Kier molecular flexibility index (Phi) is 9.29. The molecular weight excluding hydrogens is 543 g/mol. The van der Waals surface area contributed by atoms with Crippen molar-refractivity contribution in [2.45, 2.75) is 69.9 Å². The van der Waals surface area contributed by atoms with E-state index in [4.69, 9.17) is 0 Å². The first-order valence-corrected chi connectivity index (χ1v) is 15.3. The van der Waals surface area contributed by atoms with Crippen LogP contribution in [-0.4, -0.2) is 31.4 Å². The van der Waals surface area contributed by atoms with Gasteiger partial charge >= 0.3 is 5.97 Å². The first-order chi connectivity index (χ1) is 19.3. The molecule has 0 aliphatic heterocycles. The lowest BCUT2D eigenvalue weighted by atomic mass is 9.85. The molecule has 0 saturated heterocycles. The molecular formula is C32H37FN2O5S. The quantitative estimate of drug-likeness (QED) is 0.278. The smallest absolute Gasteiger partial charge is 0.309 e. The average Bonchev–Trinajstić information content (AvgIpc) is 2.94. The van der Waals surface area contributed by atoms with Crippen molar-refractivity contribution in [2.75, 3.05) is 0 Å². The zero-order chi connectivity index (χ0) is 29.8. The molecule has 1 amide bonds. The highest BCUT2D eigenvalue weighted by molar-refractivity contribution is 7.89. The Hall–Kier alpha value is -3.56. The van der Waals surface area contributed by atoms with Gasteiger partial charge in [0.15, 0.2) is 0 Å². The molecule has 1 aliphatic carbocycles. The van der Waals surface area contributed by atoms with Gasteiger partial charge in [-0.15, -0.1) is 0 Å². The van der Waals surface area contributed by atoms with Gasteiger partial charge in [0.1, 0.15) is 5.82 Å². The molecule has 3 aromatic rings. The number of aliphatic carboxylic acids is 1. The van der Waals surface area contributed by atoms with E-state index in [1.165, 1.54) is 12.1 Å². The number of hydrogen-bond acceptors (Lipinski definition) is 4. The van der Waals surface area contributed by atoms with E-state index in [1.807, 2.05) is 31.2 Å². The van der Waals surface area contributed by atoms with Crippen LogP contribution in [0.15, 0.2) is 77.7 Å².